The van der Waals surface area contributed by atoms with Gasteiger partial charge in [-0.1, -0.05) is 0 Å². The molecule has 1 aliphatic rings. The fraction of sp³-hybridized carbons (Fsp3) is 0.486. The van der Waals surface area contributed by atoms with Crippen molar-refractivity contribution in [3.05, 3.63) is 46.4 Å². The van der Waals surface area contributed by atoms with Crippen LogP contribution in [0.3, 0.4) is 0 Å². The maximum absolute atomic E-state index is 5.52. The van der Waals surface area contributed by atoms with E-state index >= 15 is 0 Å². The summed E-state index contributed by atoms with van der Waals surface area (Å²) >= 11 is 3.30. The molecule has 0 spiro atoms. The molecule has 0 N–H and O–H groups in total. The number of thiazole rings is 2. The van der Waals surface area contributed by atoms with Gasteiger partial charge in [0, 0.05) is 35.0 Å². The van der Waals surface area contributed by atoms with E-state index in [1.807, 2.05) is 24.3 Å². The zero-order chi connectivity index (χ0) is 33.2. The summed E-state index contributed by atoms with van der Waals surface area (Å²) < 4.78 is 33.0. The molecule has 3 heterocycles. The van der Waals surface area contributed by atoms with Gasteiger partial charge in [0.15, 0.2) is 23.0 Å². The van der Waals surface area contributed by atoms with E-state index in [0.717, 1.165) is 97.5 Å². The molecule has 0 amide bonds. The predicted octanol–water partition coefficient (Wildman–Crippen LogP) is 6.56. The highest BCUT2D eigenvalue weighted by Gasteiger charge is 2.19. The third kappa shape index (κ3) is 8.67. The first-order valence-electron chi connectivity index (χ1n) is 15.9. The number of hydrogen-bond acceptors (Lipinski definition) is 12. The van der Waals surface area contributed by atoms with Crippen molar-refractivity contribution in [2.75, 3.05) is 81.9 Å². The third-order valence-corrected chi connectivity index (χ3v) is 10.3. The first-order valence-corrected chi connectivity index (χ1v) is 17.7. The van der Waals surface area contributed by atoms with Crippen molar-refractivity contribution in [2.24, 2.45) is 0 Å². The van der Waals surface area contributed by atoms with Gasteiger partial charge in [0.2, 0.25) is 11.5 Å². The summed E-state index contributed by atoms with van der Waals surface area (Å²) in [4.78, 5) is 15.1. The van der Waals surface area contributed by atoms with Crippen LogP contribution in [0.25, 0.3) is 21.1 Å². The number of aromatic nitrogens is 2. The van der Waals surface area contributed by atoms with Gasteiger partial charge < -0.3 is 38.2 Å². The van der Waals surface area contributed by atoms with Crippen LogP contribution in [-0.2, 0) is 12.8 Å². The first kappa shape index (κ1) is 34.7. The lowest BCUT2D eigenvalue weighted by Gasteiger charge is -2.21. The minimum absolute atomic E-state index is 0.591. The number of nitrogens with zero attached hydrogens (tertiary/aromatic N) is 4. The summed E-state index contributed by atoms with van der Waals surface area (Å²) in [5.41, 5.74) is 4.20. The molecule has 1 fully saturated rings. The van der Waals surface area contributed by atoms with Crippen molar-refractivity contribution < 1.29 is 28.4 Å². The van der Waals surface area contributed by atoms with E-state index in [9.17, 15) is 0 Å². The molecular formula is C35H46N4O6S2. The van der Waals surface area contributed by atoms with Gasteiger partial charge in [-0.05, 0) is 82.5 Å². The monoisotopic (exact) mass is 682 g/mol. The van der Waals surface area contributed by atoms with Crippen LogP contribution in [0, 0.1) is 0 Å². The van der Waals surface area contributed by atoms with Gasteiger partial charge in [-0.25, -0.2) is 9.97 Å². The number of rotatable bonds is 16. The van der Waals surface area contributed by atoms with E-state index < -0.39 is 0 Å². The molecular weight excluding hydrogens is 637 g/mol. The minimum Gasteiger partial charge on any atom is -0.493 e. The third-order valence-electron chi connectivity index (χ3n) is 8.42. The van der Waals surface area contributed by atoms with Crippen molar-refractivity contribution in [3.8, 4) is 55.6 Å². The summed E-state index contributed by atoms with van der Waals surface area (Å²) in [5, 5.41) is 6.25. The van der Waals surface area contributed by atoms with Gasteiger partial charge in [-0.3, -0.25) is 0 Å². The normalized spacial score (nSPS) is 14.1. The molecule has 4 aromatic rings. The van der Waals surface area contributed by atoms with Gasteiger partial charge in [0.1, 0.15) is 10.0 Å². The highest BCUT2D eigenvalue weighted by atomic mass is 32.1. The largest absolute Gasteiger partial charge is 0.493 e. The quantitative estimate of drug-likeness (QED) is 0.130. The number of benzene rings is 2. The Morgan fingerprint density at radius 2 is 0.936 bits per heavy atom. The lowest BCUT2D eigenvalue weighted by atomic mass is 10.2. The van der Waals surface area contributed by atoms with E-state index in [2.05, 4.69) is 20.6 Å². The SMILES string of the molecule is COc1cc(-c2nc(CCCN3CCCN(CCCc4csc(-c5cc(OC)c(OC)c(OC)c5)n4)CC3)cs2)cc(OC)c1OC. The number of ether oxygens (including phenoxy) is 6. The smallest absolute Gasteiger partial charge is 0.203 e. The molecule has 2 aromatic carbocycles. The molecule has 12 heteroatoms. The van der Waals surface area contributed by atoms with Crippen LogP contribution >= 0.6 is 22.7 Å². The van der Waals surface area contributed by atoms with E-state index in [-0.39, 0.29) is 0 Å². The number of hydrogen-bond donors (Lipinski definition) is 0. The molecule has 0 radical (unpaired) electrons. The standard InChI is InChI=1S/C35H46N4O6S2/c1-40-28-18-24(19-29(41-2)32(28)44-5)34-36-26(22-46-34)10-7-12-38-14-9-15-39(17-16-38)13-8-11-27-23-47-35(37-27)25-20-30(42-3)33(45-6)31(21-25)43-4/h18-23H,7-17H2,1-6H3. The lowest BCUT2D eigenvalue weighted by Crippen LogP contribution is -2.32. The molecule has 0 aliphatic carbocycles. The molecule has 254 valence electrons. The van der Waals surface area contributed by atoms with Crippen LogP contribution in [0.1, 0.15) is 30.7 Å². The summed E-state index contributed by atoms with van der Waals surface area (Å²) in [7, 11) is 9.77. The van der Waals surface area contributed by atoms with E-state index in [1.165, 1.54) is 6.42 Å². The van der Waals surface area contributed by atoms with Gasteiger partial charge >= 0.3 is 0 Å². The first-order chi connectivity index (χ1) is 23.0. The topological polar surface area (TPSA) is 87.6 Å². The van der Waals surface area contributed by atoms with Crippen molar-refractivity contribution in [2.45, 2.75) is 32.1 Å². The van der Waals surface area contributed by atoms with Crippen LogP contribution in [0.15, 0.2) is 35.0 Å². The van der Waals surface area contributed by atoms with Crippen LogP contribution < -0.4 is 28.4 Å². The highest BCUT2D eigenvalue weighted by Crippen LogP contribution is 2.43. The Morgan fingerprint density at radius 1 is 0.553 bits per heavy atom. The summed E-state index contributed by atoms with van der Waals surface area (Å²) in [6.07, 6.45) is 5.32. The zero-order valence-corrected chi connectivity index (χ0v) is 29.9. The Morgan fingerprint density at radius 3 is 1.28 bits per heavy atom. The molecule has 5 rings (SSSR count). The van der Waals surface area contributed by atoms with Gasteiger partial charge in [0.25, 0.3) is 0 Å². The molecule has 0 bridgehead atoms. The summed E-state index contributed by atoms with van der Waals surface area (Å²) in [6.45, 7) is 6.69. The second kappa shape index (κ2) is 17.0. The summed E-state index contributed by atoms with van der Waals surface area (Å²) in [6, 6.07) is 7.83. The fourth-order valence-corrected chi connectivity index (χ4v) is 7.64. The van der Waals surface area contributed by atoms with Crippen LogP contribution in [0.2, 0.25) is 0 Å². The van der Waals surface area contributed by atoms with E-state index in [4.69, 9.17) is 38.4 Å². The Hall–Kier alpha value is -3.58. The molecule has 47 heavy (non-hydrogen) atoms. The van der Waals surface area contributed by atoms with Crippen molar-refractivity contribution in [1.29, 1.82) is 0 Å². The average molecular weight is 683 g/mol. The summed E-state index contributed by atoms with van der Waals surface area (Å²) in [5.74, 6) is 3.73. The number of aryl methyl sites for hydroxylation is 2. The highest BCUT2D eigenvalue weighted by molar-refractivity contribution is 7.13. The van der Waals surface area contributed by atoms with Crippen LogP contribution in [0.5, 0.6) is 34.5 Å². The predicted molar refractivity (Wildman–Crippen MR) is 189 cm³/mol. The zero-order valence-electron chi connectivity index (χ0n) is 28.3. The lowest BCUT2D eigenvalue weighted by molar-refractivity contribution is 0.253. The molecule has 0 unspecified atom stereocenters. The second-order valence-corrected chi connectivity index (χ2v) is 13.1. The van der Waals surface area contributed by atoms with Crippen molar-refractivity contribution in [3.63, 3.8) is 0 Å². The van der Waals surface area contributed by atoms with Gasteiger partial charge in [0.05, 0.1) is 54.0 Å². The molecule has 10 nitrogen and oxygen atoms in total. The van der Waals surface area contributed by atoms with Gasteiger partial charge in [-0.2, -0.15) is 0 Å². The molecule has 2 aromatic heterocycles. The fourth-order valence-electron chi connectivity index (χ4n) is 5.96. The van der Waals surface area contributed by atoms with Gasteiger partial charge in [-0.15, -0.1) is 22.7 Å². The molecule has 1 aliphatic heterocycles. The van der Waals surface area contributed by atoms with E-state index in [1.54, 1.807) is 65.3 Å². The second-order valence-electron chi connectivity index (χ2n) is 11.4. The Labute approximate surface area is 286 Å². The maximum atomic E-state index is 5.52. The van der Waals surface area contributed by atoms with Crippen molar-refractivity contribution in [1.82, 2.24) is 19.8 Å². The average Bonchev–Trinajstić information content (AvgIpc) is 3.73. The molecule has 0 saturated carbocycles. The molecule has 0 atom stereocenters. The van der Waals surface area contributed by atoms with Crippen molar-refractivity contribution >= 4 is 22.7 Å². The molecule has 1 saturated heterocycles. The van der Waals surface area contributed by atoms with E-state index in [0.29, 0.717) is 34.5 Å². The minimum atomic E-state index is 0.591. The number of methoxy groups -OCH3 is 6. The Kier molecular flexibility index (Phi) is 12.6. The maximum Gasteiger partial charge on any atom is 0.203 e. The van der Waals surface area contributed by atoms with Crippen LogP contribution in [0.4, 0.5) is 0 Å². The van der Waals surface area contributed by atoms with Crippen LogP contribution in [-0.4, -0.2) is 102 Å². The Balaban J connectivity index is 1.05. The Bertz CT molecular complexity index is 1430.